The molecule has 1 saturated heterocycles. The molecule has 0 aliphatic carbocycles. The molecule has 0 aromatic heterocycles. The molecule has 3 heteroatoms. The van der Waals surface area contributed by atoms with Crippen molar-refractivity contribution in [2.75, 3.05) is 13.1 Å². The third-order valence-corrected chi connectivity index (χ3v) is 4.33. The van der Waals surface area contributed by atoms with Crippen LogP contribution in [0.4, 0.5) is 0 Å². The largest absolute Gasteiger partial charge is 0.508 e. The average Bonchev–Trinajstić information content (AvgIpc) is 2.38. The molecule has 1 aliphatic rings. The molecule has 1 aliphatic heterocycles. The summed E-state index contributed by atoms with van der Waals surface area (Å²) in [6.45, 7) is 11.3. The summed E-state index contributed by atoms with van der Waals surface area (Å²) in [5.74, 6) is 0.389. The Kier molecular flexibility index (Phi) is 4.71. The second-order valence-electron chi connectivity index (χ2n) is 6.88. The zero-order valence-corrected chi connectivity index (χ0v) is 13.2. The van der Waals surface area contributed by atoms with Crippen LogP contribution >= 0.6 is 0 Å². The molecule has 1 unspecified atom stereocenters. The van der Waals surface area contributed by atoms with Crippen molar-refractivity contribution in [3.05, 3.63) is 29.8 Å². The Bertz CT molecular complexity index is 431. The van der Waals surface area contributed by atoms with Crippen molar-refractivity contribution >= 4 is 0 Å². The van der Waals surface area contributed by atoms with Crippen LogP contribution in [-0.2, 0) is 0 Å². The van der Waals surface area contributed by atoms with E-state index >= 15 is 0 Å². The number of rotatable bonds is 3. The Morgan fingerprint density at radius 2 is 1.80 bits per heavy atom. The van der Waals surface area contributed by atoms with Gasteiger partial charge in [-0.1, -0.05) is 18.2 Å². The fraction of sp³-hybridized carbons (Fsp3) is 0.647. The molecule has 1 atom stereocenters. The second-order valence-corrected chi connectivity index (χ2v) is 6.88. The lowest BCUT2D eigenvalue weighted by atomic mass is 9.97. The Morgan fingerprint density at radius 3 is 2.35 bits per heavy atom. The SMILES string of the molecule is CC(NC1CCN(C(C)(C)C)CC1)c1ccccc1O. The number of likely N-dealkylation sites (tertiary alicyclic amines) is 1. The minimum Gasteiger partial charge on any atom is -0.508 e. The molecular formula is C17H28N2O. The molecular weight excluding hydrogens is 248 g/mol. The quantitative estimate of drug-likeness (QED) is 0.889. The van der Waals surface area contributed by atoms with E-state index in [1.54, 1.807) is 6.07 Å². The molecule has 0 radical (unpaired) electrons. The number of hydrogen-bond acceptors (Lipinski definition) is 3. The standard InChI is InChI=1S/C17H28N2O/c1-13(15-7-5-6-8-16(15)20)18-14-9-11-19(12-10-14)17(2,3)4/h5-8,13-14,18,20H,9-12H2,1-4H3. The smallest absolute Gasteiger partial charge is 0.120 e. The molecule has 0 bridgehead atoms. The van der Waals surface area contributed by atoms with Gasteiger partial charge in [0.25, 0.3) is 0 Å². The third-order valence-electron chi connectivity index (χ3n) is 4.33. The van der Waals surface area contributed by atoms with Gasteiger partial charge >= 0.3 is 0 Å². The van der Waals surface area contributed by atoms with Gasteiger partial charge in [-0.05, 0) is 46.6 Å². The number of nitrogens with zero attached hydrogens (tertiary/aromatic N) is 1. The van der Waals surface area contributed by atoms with Crippen molar-refractivity contribution in [2.24, 2.45) is 0 Å². The number of phenolic OH excluding ortho intramolecular Hbond substituents is 1. The van der Waals surface area contributed by atoms with Gasteiger partial charge < -0.3 is 10.4 Å². The van der Waals surface area contributed by atoms with Crippen LogP contribution in [0.15, 0.2) is 24.3 Å². The predicted octanol–water partition coefficient (Wildman–Crippen LogP) is 3.31. The molecule has 1 fully saturated rings. The van der Waals surface area contributed by atoms with Gasteiger partial charge in [0.2, 0.25) is 0 Å². The van der Waals surface area contributed by atoms with Gasteiger partial charge in [-0.3, -0.25) is 4.90 Å². The van der Waals surface area contributed by atoms with Gasteiger partial charge in [0.15, 0.2) is 0 Å². The normalized spacial score (nSPS) is 20.0. The second kappa shape index (κ2) is 6.15. The molecule has 1 aromatic carbocycles. The van der Waals surface area contributed by atoms with Crippen LogP contribution in [0.25, 0.3) is 0 Å². The molecule has 3 nitrogen and oxygen atoms in total. The lowest BCUT2D eigenvalue weighted by Gasteiger charge is -2.41. The first-order valence-corrected chi connectivity index (χ1v) is 7.67. The summed E-state index contributed by atoms with van der Waals surface area (Å²) in [5, 5.41) is 13.6. The van der Waals surface area contributed by atoms with E-state index in [1.165, 1.54) is 12.8 Å². The Hall–Kier alpha value is -1.06. The minimum absolute atomic E-state index is 0.197. The summed E-state index contributed by atoms with van der Waals surface area (Å²) in [7, 11) is 0. The fourth-order valence-corrected chi connectivity index (χ4v) is 3.01. The lowest BCUT2D eigenvalue weighted by Crippen LogP contribution is -2.50. The zero-order chi connectivity index (χ0) is 14.8. The maximum absolute atomic E-state index is 9.91. The summed E-state index contributed by atoms with van der Waals surface area (Å²) in [6, 6.07) is 8.35. The van der Waals surface area contributed by atoms with Crippen molar-refractivity contribution in [2.45, 2.75) is 58.2 Å². The highest BCUT2D eigenvalue weighted by molar-refractivity contribution is 5.34. The number of piperidine rings is 1. The highest BCUT2D eigenvalue weighted by Gasteiger charge is 2.27. The van der Waals surface area contributed by atoms with E-state index in [1.807, 2.05) is 18.2 Å². The minimum atomic E-state index is 0.197. The van der Waals surface area contributed by atoms with Crippen LogP contribution in [-0.4, -0.2) is 34.7 Å². The highest BCUT2D eigenvalue weighted by atomic mass is 16.3. The van der Waals surface area contributed by atoms with Crippen LogP contribution in [0.1, 0.15) is 52.1 Å². The van der Waals surface area contributed by atoms with E-state index in [9.17, 15) is 5.11 Å². The Morgan fingerprint density at radius 1 is 1.20 bits per heavy atom. The van der Waals surface area contributed by atoms with E-state index in [0.717, 1.165) is 18.7 Å². The van der Waals surface area contributed by atoms with Crippen molar-refractivity contribution in [3.8, 4) is 5.75 Å². The maximum Gasteiger partial charge on any atom is 0.120 e. The number of hydrogen-bond donors (Lipinski definition) is 2. The van der Waals surface area contributed by atoms with Crippen LogP contribution in [0.2, 0.25) is 0 Å². The van der Waals surface area contributed by atoms with Gasteiger partial charge in [0, 0.05) is 36.3 Å². The van der Waals surface area contributed by atoms with Crippen molar-refractivity contribution in [3.63, 3.8) is 0 Å². The first-order chi connectivity index (χ1) is 9.38. The molecule has 2 N–H and O–H groups in total. The summed E-state index contributed by atoms with van der Waals surface area (Å²) >= 11 is 0. The molecule has 20 heavy (non-hydrogen) atoms. The third kappa shape index (κ3) is 3.74. The van der Waals surface area contributed by atoms with Crippen molar-refractivity contribution in [1.82, 2.24) is 10.2 Å². The number of nitrogens with one attached hydrogen (secondary N) is 1. The van der Waals surface area contributed by atoms with E-state index in [0.29, 0.717) is 11.8 Å². The van der Waals surface area contributed by atoms with Gasteiger partial charge in [-0.15, -0.1) is 0 Å². The summed E-state index contributed by atoms with van der Waals surface area (Å²) in [5.41, 5.74) is 1.26. The predicted molar refractivity (Wildman–Crippen MR) is 84.0 cm³/mol. The topological polar surface area (TPSA) is 35.5 Å². The number of aromatic hydroxyl groups is 1. The van der Waals surface area contributed by atoms with E-state index in [2.05, 4.69) is 37.9 Å². The highest BCUT2D eigenvalue weighted by Crippen LogP contribution is 2.26. The fourth-order valence-electron chi connectivity index (χ4n) is 3.01. The van der Waals surface area contributed by atoms with Crippen molar-refractivity contribution in [1.29, 1.82) is 0 Å². The number of phenols is 1. The molecule has 112 valence electrons. The zero-order valence-electron chi connectivity index (χ0n) is 13.2. The Balaban J connectivity index is 1.88. The van der Waals surface area contributed by atoms with Gasteiger partial charge in [0.1, 0.15) is 5.75 Å². The van der Waals surface area contributed by atoms with Crippen LogP contribution in [0, 0.1) is 0 Å². The molecule has 0 saturated carbocycles. The lowest BCUT2D eigenvalue weighted by molar-refractivity contribution is 0.0942. The molecule has 0 spiro atoms. The maximum atomic E-state index is 9.91. The Labute approximate surface area is 123 Å². The molecule has 1 aromatic rings. The van der Waals surface area contributed by atoms with E-state index < -0.39 is 0 Å². The van der Waals surface area contributed by atoms with Crippen molar-refractivity contribution < 1.29 is 5.11 Å². The number of benzene rings is 1. The molecule has 2 rings (SSSR count). The first-order valence-electron chi connectivity index (χ1n) is 7.67. The van der Waals surface area contributed by atoms with Crippen LogP contribution in [0.5, 0.6) is 5.75 Å². The molecule has 1 heterocycles. The van der Waals surface area contributed by atoms with Crippen LogP contribution < -0.4 is 5.32 Å². The monoisotopic (exact) mass is 276 g/mol. The van der Waals surface area contributed by atoms with Gasteiger partial charge in [-0.2, -0.15) is 0 Å². The summed E-state index contributed by atoms with van der Waals surface area (Å²) in [4.78, 5) is 2.55. The first kappa shape index (κ1) is 15.3. The average molecular weight is 276 g/mol. The summed E-state index contributed by atoms with van der Waals surface area (Å²) in [6.07, 6.45) is 2.35. The van der Waals surface area contributed by atoms with Crippen LogP contribution in [0.3, 0.4) is 0 Å². The summed E-state index contributed by atoms with van der Waals surface area (Å²) < 4.78 is 0. The van der Waals surface area contributed by atoms with Gasteiger partial charge in [0.05, 0.1) is 0 Å². The molecule has 0 amide bonds. The number of para-hydroxylation sites is 1. The van der Waals surface area contributed by atoms with E-state index in [4.69, 9.17) is 0 Å². The van der Waals surface area contributed by atoms with E-state index in [-0.39, 0.29) is 11.6 Å². The van der Waals surface area contributed by atoms with Gasteiger partial charge in [-0.25, -0.2) is 0 Å².